The molecule has 2 aliphatic heterocycles. The van der Waals surface area contributed by atoms with Gasteiger partial charge in [-0.25, -0.2) is 16.8 Å². The van der Waals surface area contributed by atoms with Gasteiger partial charge in [0.25, 0.3) is 0 Å². The van der Waals surface area contributed by atoms with E-state index in [0.29, 0.717) is 24.7 Å². The lowest BCUT2D eigenvalue weighted by molar-refractivity contribution is -0.121. The maximum absolute atomic E-state index is 13.4. The van der Waals surface area contributed by atoms with Gasteiger partial charge in [0, 0.05) is 45.2 Å². The molecule has 1 N–H and O–H groups in total. The summed E-state index contributed by atoms with van der Waals surface area (Å²) in [4.78, 5) is 12.5. The Morgan fingerprint density at radius 1 is 0.735 bits per heavy atom. The van der Waals surface area contributed by atoms with Gasteiger partial charge < -0.3 is 14.8 Å². The molecule has 0 atom stereocenters. The highest BCUT2D eigenvalue weighted by atomic mass is 32.2. The zero-order valence-corrected chi connectivity index (χ0v) is 20.2. The van der Waals surface area contributed by atoms with Crippen molar-refractivity contribution >= 4 is 26.0 Å². The Balaban J connectivity index is 1.56. The molecule has 0 saturated carbocycles. The summed E-state index contributed by atoms with van der Waals surface area (Å²) in [5.41, 5.74) is 0. The summed E-state index contributed by atoms with van der Waals surface area (Å²) in [6, 6.07) is 12.4. The van der Waals surface area contributed by atoms with E-state index in [1.54, 1.807) is 24.3 Å². The summed E-state index contributed by atoms with van der Waals surface area (Å²) >= 11 is 0. The molecule has 10 nitrogen and oxygen atoms in total. The molecule has 2 heterocycles. The highest BCUT2D eigenvalue weighted by Crippen LogP contribution is 2.33. The second-order valence-electron chi connectivity index (χ2n) is 7.88. The van der Waals surface area contributed by atoms with Crippen LogP contribution in [0.15, 0.2) is 58.3 Å². The summed E-state index contributed by atoms with van der Waals surface area (Å²) in [6.07, 6.45) is 0.255. The molecule has 4 rings (SSSR count). The van der Waals surface area contributed by atoms with Crippen LogP contribution in [0, 0.1) is 0 Å². The SMILES string of the molecule is O=C1CCN(S(=O)(=O)c2ccccc2)CCCN(S(=O)(=O)c2ccc3c(c2)OCCO3)CCN1. The number of nitrogens with zero attached hydrogens (tertiary/aromatic N) is 2. The molecule has 0 aliphatic carbocycles. The van der Waals surface area contributed by atoms with Gasteiger partial charge in [-0.05, 0) is 30.7 Å². The van der Waals surface area contributed by atoms with Gasteiger partial charge >= 0.3 is 0 Å². The van der Waals surface area contributed by atoms with Crippen molar-refractivity contribution < 1.29 is 31.1 Å². The Bertz CT molecular complexity index is 1230. The van der Waals surface area contributed by atoms with Crippen molar-refractivity contribution in [1.29, 1.82) is 0 Å². The maximum atomic E-state index is 13.4. The number of nitrogens with one attached hydrogen (secondary N) is 1. The molecule has 2 aromatic carbocycles. The largest absolute Gasteiger partial charge is 0.486 e. The third kappa shape index (κ3) is 5.35. The van der Waals surface area contributed by atoms with Gasteiger partial charge in [0.1, 0.15) is 13.2 Å². The zero-order chi connectivity index (χ0) is 24.2. The number of amides is 1. The molecular weight excluding hydrogens is 482 g/mol. The lowest BCUT2D eigenvalue weighted by Gasteiger charge is -2.25. The van der Waals surface area contributed by atoms with E-state index in [1.807, 2.05) is 0 Å². The first-order valence-corrected chi connectivity index (χ1v) is 13.9. The van der Waals surface area contributed by atoms with E-state index in [4.69, 9.17) is 9.47 Å². The average Bonchev–Trinajstić information content (AvgIpc) is 2.89. The van der Waals surface area contributed by atoms with Crippen LogP contribution in [0.5, 0.6) is 11.5 Å². The number of fused-ring (bicyclic) bond motifs is 1. The van der Waals surface area contributed by atoms with Crippen molar-refractivity contribution in [2.24, 2.45) is 0 Å². The second kappa shape index (κ2) is 10.3. The van der Waals surface area contributed by atoms with E-state index in [9.17, 15) is 21.6 Å². The number of hydrogen-bond acceptors (Lipinski definition) is 7. The van der Waals surface area contributed by atoms with Crippen molar-refractivity contribution in [2.45, 2.75) is 22.6 Å². The Morgan fingerprint density at radius 3 is 2.12 bits per heavy atom. The van der Waals surface area contributed by atoms with Gasteiger partial charge in [-0.2, -0.15) is 8.61 Å². The van der Waals surface area contributed by atoms with Crippen molar-refractivity contribution in [2.75, 3.05) is 45.9 Å². The number of sulfonamides is 2. The topological polar surface area (TPSA) is 122 Å². The highest BCUT2D eigenvalue weighted by molar-refractivity contribution is 7.89. The first kappa shape index (κ1) is 24.5. The molecule has 0 unspecified atom stereocenters. The first-order chi connectivity index (χ1) is 16.3. The van der Waals surface area contributed by atoms with Gasteiger partial charge in [0.2, 0.25) is 26.0 Å². The number of hydrogen-bond donors (Lipinski definition) is 1. The summed E-state index contributed by atoms with van der Waals surface area (Å²) < 4.78 is 66.5. The molecule has 1 saturated heterocycles. The van der Waals surface area contributed by atoms with Crippen LogP contribution in [0.3, 0.4) is 0 Å². The lowest BCUT2D eigenvalue weighted by Crippen LogP contribution is -2.39. The third-order valence-electron chi connectivity index (χ3n) is 5.62. The van der Waals surface area contributed by atoms with E-state index in [0.717, 1.165) is 0 Å². The minimum Gasteiger partial charge on any atom is -0.486 e. The quantitative estimate of drug-likeness (QED) is 0.654. The van der Waals surface area contributed by atoms with Crippen LogP contribution in [0.4, 0.5) is 0 Å². The van der Waals surface area contributed by atoms with Crippen LogP contribution < -0.4 is 14.8 Å². The predicted octanol–water partition coefficient (Wildman–Crippen LogP) is 1.05. The standard InChI is InChI=1S/C22H27N3O7S2/c26-22-9-13-24(33(27,28)18-5-2-1-3-6-18)11-4-12-25(14-10-23-22)34(29,30)19-7-8-20-21(17-19)32-16-15-31-20/h1-3,5-8,17H,4,9-16H2,(H,23,26). The van der Waals surface area contributed by atoms with E-state index in [2.05, 4.69) is 5.32 Å². The van der Waals surface area contributed by atoms with Crippen LogP contribution in [0.25, 0.3) is 0 Å². The fraction of sp³-hybridized carbons (Fsp3) is 0.409. The molecule has 0 aromatic heterocycles. The summed E-state index contributed by atoms with van der Waals surface area (Å²) in [5.74, 6) is 0.502. The fourth-order valence-electron chi connectivity index (χ4n) is 3.84. The van der Waals surface area contributed by atoms with Crippen molar-refractivity contribution in [1.82, 2.24) is 13.9 Å². The van der Waals surface area contributed by atoms with E-state index < -0.39 is 20.0 Å². The van der Waals surface area contributed by atoms with Gasteiger partial charge in [0.05, 0.1) is 9.79 Å². The van der Waals surface area contributed by atoms with Crippen LogP contribution in [-0.2, 0) is 24.8 Å². The molecular formula is C22H27N3O7S2. The third-order valence-corrected chi connectivity index (χ3v) is 9.43. The summed E-state index contributed by atoms with van der Waals surface area (Å²) in [7, 11) is -7.74. The Labute approximate surface area is 199 Å². The molecule has 0 bridgehead atoms. The fourth-order valence-corrected chi connectivity index (χ4v) is 6.83. The number of carbonyl (C=O) groups excluding carboxylic acids is 1. The number of benzene rings is 2. The molecule has 0 spiro atoms. The van der Waals surface area contributed by atoms with Crippen LogP contribution in [0.2, 0.25) is 0 Å². The maximum Gasteiger partial charge on any atom is 0.243 e. The second-order valence-corrected chi connectivity index (χ2v) is 11.8. The molecule has 2 aromatic rings. The Kier molecular flexibility index (Phi) is 7.41. The molecule has 184 valence electrons. The van der Waals surface area contributed by atoms with E-state index >= 15 is 0 Å². The minimum absolute atomic E-state index is 0.0119. The molecule has 12 heteroatoms. The Hall–Kier alpha value is -2.67. The normalized spacial score (nSPS) is 19.1. The van der Waals surface area contributed by atoms with Gasteiger partial charge in [0.15, 0.2) is 11.5 Å². The minimum atomic E-state index is -3.92. The van der Waals surface area contributed by atoms with Crippen LogP contribution in [0.1, 0.15) is 12.8 Å². The van der Waals surface area contributed by atoms with Crippen molar-refractivity contribution in [3.63, 3.8) is 0 Å². The average molecular weight is 510 g/mol. The number of ether oxygens (including phenoxy) is 2. The van der Waals surface area contributed by atoms with Gasteiger partial charge in [-0.15, -0.1) is 0 Å². The summed E-state index contributed by atoms with van der Waals surface area (Å²) in [6.45, 7) is 1.09. The van der Waals surface area contributed by atoms with Crippen LogP contribution >= 0.6 is 0 Å². The molecule has 2 aliphatic rings. The smallest absolute Gasteiger partial charge is 0.243 e. The first-order valence-electron chi connectivity index (χ1n) is 11.0. The van der Waals surface area contributed by atoms with Crippen molar-refractivity contribution in [3.8, 4) is 11.5 Å². The highest BCUT2D eigenvalue weighted by Gasteiger charge is 2.29. The van der Waals surface area contributed by atoms with E-state index in [1.165, 1.54) is 32.9 Å². The van der Waals surface area contributed by atoms with Crippen LogP contribution in [-0.4, -0.2) is 77.3 Å². The molecule has 1 amide bonds. The molecule has 0 radical (unpaired) electrons. The van der Waals surface area contributed by atoms with Gasteiger partial charge in [-0.3, -0.25) is 4.79 Å². The predicted molar refractivity (Wildman–Crippen MR) is 124 cm³/mol. The number of rotatable bonds is 4. The Morgan fingerprint density at radius 2 is 1.38 bits per heavy atom. The van der Waals surface area contributed by atoms with E-state index in [-0.39, 0.29) is 61.3 Å². The molecule has 34 heavy (non-hydrogen) atoms. The molecule has 1 fully saturated rings. The monoisotopic (exact) mass is 509 g/mol. The summed E-state index contributed by atoms with van der Waals surface area (Å²) in [5, 5.41) is 2.68. The van der Waals surface area contributed by atoms with Crippen molar-refractivity contribution in [3.05, 3.63) is 48.5 Å². The van der Waals surface area contributed by atoms with Gasteiger partial charge in [-0.1, -0.05) is 18.2 Å². The zero-order valence-electron chi connectivity index (χ0n) is 18.6. The lowest BCUT2D eigenvalue weighted by atomic mass is 10.3. The number of carbonyl (C=O) groups is 1.